The van der Waals surface area contributed by atoms with Gasteiger partial charge in [0, 0.05) is 46.5 Å². The summed E-state index contributed by atoms with van der Waals surface area (Å²) >= 11 is 0. The maximum absolute atomic E-state index is 12.8. The van der Waals surface area contributed by atoms with Gasteiger partial charge in [-0.15, -0.1) is 0 Å². The lowest BCUT2D eigenvalue weighted by atomic mass is 10.0. The zero-order chi connectivity index (χ0) is 24.4. The number of hydrogen-bond donors (Lipinski definition) is 3. The minimum absolute atomic E-state index is 0.0461. The monoisotopic (exact) mass is 468 g/mol. The van der Waals surface area contributed by atoms with Crippen molar-refractivity contribution in [2.75, 3.05) is 20.8 Å². The highest BCUT2D eigenvalue weighted by Crippen LogP contribution is 2.36. The summed E-state index contributed by atoms with van der Waals surface area (Å²) in [7, 11) is 3.21. The lowest BCUT2D eigenvalue weighted by Crippen LogP contribution is -2.26. The molecule has 0 bridgehead atoms. The third-order valence-corrected chi connectivity index (χ3v) is 5.98. The number of methoxy groups -OCH3 is 2. The molecule has 176 valence electrons. The number of aromatic amines is 1. The number of H-pyrrole nitrogens is 1. The average Bonchev–Trinajstić information content (AvgIpc) is 3.27. The maximum atomic E-state index is 12.8. The van der Waals surface area contributed by atoms with Crippen LogP contribution in [0.1, 0.15) is 16.1 Å². The maximum Gasteiger partial charge on any atom is 0.273 e. The Morgan fingerprint density at radius 3 is 2.69 bits per heavy atom. The van der Waals surface area contributed by atoms with Crippen LogP contribution in [0.5, 0.6) is 17.2 Å². The van der Waals surface area contributed by atoms with Crippen molar-refractivity contribution in [3.05, 3.63) is 78.2 Å². The van der Waals surface area contributed by atoms with Crippen LogP contribution in [-0.4, -0.2) is 46.7 Å². The van der Waals surface area contributed by atoms with Crippen molar-refractivity contribution in [2.45, 2.75) is 6.42 Å². The highest BCUT2D eigenvalue weighted by Gasteiger charge is 2.18. The highest BCUT2D eigenvalue weighted by molar-refractivity contribution is 6.00. The van der Waals surface area contributed by atoms with Gasteiger partial charge in [0.2, 0.25) is 0 Å². The van der Waals surface area contributed by atoms with Crippen LogP contribution in [0, 0.1) is 0 Å². The van der Waals surface area contributed by atoms with E-state index < -0.39 is 5.91 Å². The van der Waals surface area contributed by atoms with E-state index in [-0.39, 0.29) is 11.4 Å². The standard InChI is InChI=1S/C27H24N4O4/c1-34-21-10-9-16(14-22(21)35-2)23-19(18-7-3-4-8-20(18)31-23)11-13-29-27(33)25-26(32)24-17(15-30-25)6-5-12-28-24/h3-10,12,14-15,31-32H,11,13H2,1-2H3,(H,29,33). The normalized spacial score (nSPS) is 11.0. The summed E-state index contributed by atoms with van der Waals surface area (Å²) in [5, 5.41) is 15.1. The lowest BCUT2D eigenvalue weighted by molar-refractivity contribution is 0.0946. The molecule has 0 aliphatic carbocycles. The first-order valence-corrected chi connectivity index (χ1v) is 11.1. The van der Waals surface area contributed by atoms with E-state index >= 15 is 0 Å². The summed E-state index contributed by atoms with van der Waals surface area (Å²) in [4.78, 5) is 24.6. The Bertz CT molecular complexity index is 1540. The molecular weight excluding hydrogens is 444 g/mol. The van der Waals surface area contributed by atoms with Crippen molar-refractivity contribution in [3.8, 4) is 28.5 Å². The molecule has 5 aromatic rings. The Kier molecular flexibility index (Phi) is 5.93. The molecular formula is C27H24N4O4. The van der Waals surface area contributed by atoms with Crippen LogP contribution in [-0.2, 0) is 6.42 Å². The molecule has 0 unspecified atom stereocenters. The van der Waals surface area contributed by atoms with Crippen molar-refractivity contribution < 1.29 is 19.4 Å². The van der Waals surface area contributed by atoms with Crippen LogP contribution in [0.15, 0.2) is 67.0 Å². The first-order chi connectivity index (χ1) is 17.1. The van der Waals surface area contributed by atoms with Gasteiger partial charge < -0.3 is 24.9 Å². The minimum Gasteiger partial charge on any atom is -0.504 e. The van der Waals surface area contributed by atoms with Gasteiger partial charge in [-0.25, -0.2) is 4.98 Å². The summed E-state index contributed by atoms with van der Waals surface area (Å²) in [5.74, 6) is 0.606. The second-order valence-electron chi connectivity index (χ2n) is 8.00. The largest absolute Gasteiger partial charge is 0.504 e. The Morgan fingerprint density at radius 2 is 1.86 bits per heavy atom. The molecule has 0 aliphatic rings. The highest BCUT2D eigenvalue weighted by atomic mass is 16.5. The number of rotatable bonds is 7. The molecule has 1 amide bonds. The zero-order valence-corrected chi connectivity index (χ0v) is 19.3. The third kappa shape index (κ3) is 4.10. The van der Waals surface area contributed by atoms with E-state index in [9.17, 15) is 9.90 Å². The van der Waals surface area contributed by atoms with Crippen LogP contribution >= 0.6 is 0 Å². The number of fused-ring (bicyclic) bond motifs is 2. The number of nitrogens with zero attached hydrogens (tertiary/aromatic N) is 2. The average molecular weight is 469 g/mol. The summed E-state index contributed by atoms with van der Waals surface area (Å²) in [6.07, 6.45) is 3.66. The third-order valence-electron chi connectivity index (χ3n) is 5.98. The predicted octanol–water partition coefficient (Wildman–Crippen LogP) is 4.47. The molecule has 0 saturated carbocycles. The first-order valence-electron chi connectivity index (χ1n) is 11.1. The van der Waals surface area contributed by atoms with Gasteiger partial charge in [0.1, 0.15) is 5.52 Å². The molecule has 3 aromatic heterocycles. The molecule has 0 saturated heterocycles. The number of benzene rings is 2. The van der Waals surface area contributed by atoms with Crippen LogP contribution < -0.4 is 14.8 Å². The second kappa shape index (κ2) is 9.34. The fourth-order valence-electron chi connectivity index (χ4n) is 4.28. The van der Waals surface area contributed by atoms with Crippen molar-refractivity contribution in [1.82, 2.24) is 20.3 Å². The quantitative estimate of drug-likeness (QED) is 0.325. The van der Waals surface area contributed by atoms with E-state index in [2.05, 4.69) is 26.3 Å². The molecule has 0 fully saturated rings. The second-order valence-corrected chi connectivity index (χ2v) is 8.00. The Hall–Kier alpha value is -4.59. The van der Waals surface area contributed by atoms with Gasteiger partial charge in [-0.05, 0) is 48.4 Å². The van der Waals surface area contributed by atoms with E-state index in [1.165, 1.54) is 6.20 Å². The molecule has 5 rings (SSSR count). The van der Waals surface area contributed by atoms with E-state index in [0.29, 0.717) is 35.4 Å². The first kappa shape index (κ1) is 22.2. The van der Waals surface area contributed by atoms with Crippen molar-refractivity contribution in [3.63, 3.8) is 0 Å². The van der Waals surface area contributed by atoms with Gasteiger partial charge in [0.15, 0.2) is 22.9 Å². The van der Waals surface area contributed by atoms with Gasteiger partial charge in [0.05, 0.1) is 14.2 Å². The number of hydrogen-bond acceptors (Lipinski definition) is 6. The molecule has 3 heterocycles. The van der Waals surface area contributed by atoms with Gasteiger partial charge in [-0.2, -0.15) is 0 Å². The lowest BCUT2D eigenvalue weighted by Gasteiger charge is -2.11. The van der Waals surface area contributed by atoms with E-state index in [4.69, 9.17) is 9.47 Å². The molecule has 0 aliphatic heterocycles. The number of carbonyl (C=O) groups is 1. The Balaban J connectivity index is 1.42. The summed E-state index contributed by atoms with van der Waals surface area (Å²) < 4.78 is 10.9. The zero-order valence-electron chi connectivity index (χ0n) is 19.3. The molecule has 3 N–H and O–H groups in total. The van der Waals surface area contributed by atoms with E-state index in [1.807, 2.05) is 36.4 Å². The van der Waals surface area contributed by atoms with Crippen LogP contribution in [0.4, 0.5) is 0 Å². The number of nitrogens with one attached hydrogen (secondary N) is 2. The molecule has 8 heteroatoms. The molecule has 35 heavy (non-hydrogen) atoms. The van der Waals surface area contributed by atoms with Gasteiger partial charge in [0.25, 0.3) is 5.91 Å². The minimum atomic E-state index is -0.456. The van der Waals surface area contributed by atoms with E-state index in [0.717, 1.165) is 27.7 Å². The SMILES string of the molecule is COc1ccc(-c2[nH]c3ccccc3c2CCNC(=O)c2ncc3cccnc3c2O)cc1OC. The summed E-state index contributed by atoms with van der Waals surface area (Å²) in [6.45, 7) is 0.350. The fraction of sp³-hybridized carbons (Fsp3) is 0.148. The number of aromatic hydroxyl groups is 1. The molecule has 8 nitrogen and oxygen atoms in total. The van der Waals surface area contributed by atoms with Crippen molar-refractivity contribution in [1.29, 1.82) is 0 Å². The van der Waals surface area contributed by atoms with Gasteiger partial charge in [-0.3, -0.25) is 9.78 Å². The summed E-state index contributed by atoms with van der Waals surface area (Å²) in [6, 6.07) is 17.3. The fourth-order valence-corrected chi connectivity index (χ4v) is 4.28. The van der Waals surface area contributed by atoms with E-state index in [1.54, 1.807) is 32.5 Å². The Labute approximate surface area is 201 Å². The van der Waals surface area contributed by atoms with Crippen molar-refractivity contribution in [2.24, 2.45) is 0 Å². The predicted molar refractivity (Wildman–Crippen MR) is 134 cm³/mol. The molecule has 0 radical (unpaired) electrons. The number of para-hydroxylation sites is 1. The molecule has 0 spiro atoms. The number of pyridine rings is 2. The van der Waals surface area contributed by atoms with Crippen LogP contribution in [0.2, 0.25) is 0 Å². The van der Waals surface area contributed by atoms with Crippen LogP contribution in [0.25, 0.3) is 33.1 Å². The number of ether oxygens (including phenoxy) is 2. The Morgan fingerprint density at radius 1 is 1.03 bits per heavy atom. The molecule has 0 atom stereocenters. The molecule has 2 aromatic carbocycles. The summed E-state index contributed by atoms with van der Waals surface area (Å²) in [5.41, 5.74) is 4.25. The van der Waals surface area contributed by atoms with Gasteiger partial charge in [-0.1, -0.05) is 18.2 Å². The number of amides is 1. The topological polar surface area (TPSA) is 109 Å². The van der Waals surface area contributed by atoms with Crippen LogP contribution in [0.3, 0.4) is 0 Å². The smallest absolute Gasteiger partial charge is 0.273 e. The number of carbonyl (C=O) groups excluding carboxylic acids is 1. The number of aromatic nitrogens is 3. The van der Waals surface area contributed by atoms with Gasteiger partial charge >= 0.3 is 0 Å². The van der Waals surface area contributed by atoms with Crippen molar-refractivity contribution >= 4 is 27.7 Å².